The van der Waals surface area contributed by atoms with E-state index in [4.69, 9.17) is 4.84 Å². The van der Waals surface area contributed by atoms with Gasteiger partial charge in [-0.3, -0.25) is 0 Å². The first-order chi connectivity index (χ1) is 9.41. The minimum absolute atomic E-state index is 0. The second-order valence-corrected chi connectivity index (χ2v) is 5.23. The van der Waals surface area contributed by atoms with E-state index < -0.39 is 11.4 Å². The van der Waals surface area contributed by atoms with E-state index in [9.17, 15) is 9.90 Å². The summed E-state index contributed by atoms with van der Waals surface area (Å²) in [5.74, 6) is -0.599. The maximum atomic E-state index is 11.3. The molecule has 5 heteroatoms. The van der Waals surface area contributed by atoms with Gasteiger partial charge < -0.3 is 9.94 Å². The summed E-state index contributed by atoms with van der Waals surface area (Å²) in [7, 11) is 0. The summed E-state index contributed by atoms with van der Waals surface area (Å²) >= 11 is 0. The Morgan fingerprint density at radius 1 is 1.19 bits per heavy atom. The van der Waals surface area contributed by atoms with Gasteiger partial charge in [-0.05, 0) is 32.9 Å². The van der Waals surface area contributed by atoms with Crippen molar-refractivity contribution in [3.05, 3.63) is 66.1 Å². The fourth-order valence-electron chi connectivity index (χ4n) is 1.16. The standard InChI is InChI=1S/C11H15NO3.C5H5.Fe/c1-11(2,3)10(14)15-12-9(13)8-6-4-5-7-8;1-2-4-5-3-1;/h4-7,12-13H,1-3H3;1-5H;/q;-1;. The van der Waals surface area contributed by atoms with Crippen molar-refractivity contribution in [2.45, 2.75) is 20.8 Å². The molecule has 0 unspecified atom stereocenters. The summed E-state index contributed by atoms with van der Waals surface area (Å²) in [5.41, 5.74) is 2.20. The third-order valence-corrected chi connectivity index (χ3v) is 2.34. The van der Waals surface area contributed by atoms with E-state index in [1.54, 1.807) is 45.1 Å². The van der Waals surface area contributed by atoms with Gasteiger partial charge in [-0.25, -0.2) is 16.9 Å². The summed E-state index contributed by atoms with van der Waals surface area (Å²) < 4.78 is 0. The van der Waals surface area contributed by atoms with Crippen LogP contribution in [0.5, 0.6) is 0 Å². The fourth-order valence-corrected chi connectivity index (χ4v) is 1.16. The van der Waals surface area contributed by atoms with E-state index in [0.717, 1.165) is 0 Å². The van der Waals surface area contributed by atoms with E-state index in [0.29, 0.717) is 5.57 Å². The first kappa shape index (κ1) is 19.2. The van der Waals surface area contributed by atoms with Crippen LogP contribution in [0.25, 0.3) is 0 Å². The predicted molar refractivity (Wildman–Crippen MR) is 78.7 cm³/mol. The average Bonchev–Trinajstić information content (AvgIpc) is 3.07. The van der Waals surface area contributed by atoms with E-state index in [-0.39, 0.29) is 23.0 Å². The molecule has 0 saturated heterocycles. The van der Waals surface area contributed by atoms with Gasteiger partial charge in [-0.15, -0.1) is 0 Å². The van der Waals surface area contributed by atoms with Crippen LogP contribution >= 0.6 is 0 Å². The van der Waals surface area contributed by atoms with Crippen molar-refractivity contribution < 1.29 is 31.8 Å². The van der Waals surface area contributed by atoms with Crippen molar-refractivity contribution in [1.82, 2.24) is 5.48 Å². The Labute approximate surface area is 136 Å². The number of aliphatic hydroxyl groups is 1. The Morgan fingerprint density at radius 3 is 2.10 bits per heavy atom. The van der Waals surface area contributed by atoms with Gasteiger partial charge in [-0.2, -0.15) is 23.7 Å². The molecule has 0 fully saturated rings. The largest absolute Gasteiger partial charge is 0.492 e. The van der Waals surface area contributed by atoms with E-state index in [1.165, 1.54) is 0 Å². The number of aliphatic hydroxyl groups excluding tert-OH is 1. The van der Waals surface area contributed by atoms with Crippen LogP contribution in [-0.2, 0) is 26.7 Å². The second kappa shape index (κ2) is 9.16. The summed E-state index contributed by atoms with van der Waals surface area (Å²) in [4.78, 5) is 16.0. The number of hydrogen-bond donors (Lipinski definition) is 2. The topological polar surface area (TPSA) is 58.6 Å². The number of hydrogen-bond acceptors (Lipinski definition) is 4. The number of carbonyl (C=O) groups excluding carboxylic acids is 1. The van der Waals surface area contributed by atoms with Crippen molar-refractivity contribution in [1.29, 1.82) is 0 Å². The third-order valence-electron chi connectivity index (χ3n) is 2.34. The summed E-state index contributed by atoms with van der Waals surface area (Å²) in [6.07, 6.45) is 6.96. The minimum Gasteiger partial charge on any atom is -0.492 e. The summed E-state index contributed by atoms with van der Waals surface area (Å²) in [6, 6.07) is 10.0. The van der Waals surface area contributed by atoms with Gasteiger partial charge in [-0.1, -0.05) is 12.2 Å². The van der Waals surface area contributed by atoms with Crippen LogP contribution in [0.2, 0.25) is 0 Å². The van der Waals surface area contributed by atoms with Crippen LogP contribution in [0.3, 0.4) is 0 Å². The Balaban J connectivity index is 0.000000562. The molecule has 0 heterocycles. The van der Waals surface area contributed by atoms with Crippen molar-refractivity contribution in [3.63, 3.8) is 0 Å². The van der Waals surface area contributed by atoms with Gasteiger partial charge >= 0.3 is 5.97 Å². The smallest absolute Gasteiger partial charge is 0.337 e. The summed E-state index contributed by atoms with van der Waals surface area (Å²) in [5, 5.41) is 9.45. The van der Waals surface area contributed by atoms with Crippen LogP contribution in [0.1, 0.15) is 20.8 Å². The van der Waals surface area contributed by atoms with Crippen molar-refractivity contribution in [3.8, 4) is 0 Å². The molecule has 1 aromatic rings. The molecule has 1 aromatic carbocycles. The molecule has 0 aromatic heterocycles. The van der Waals surface area contributed by atoms with Gasteiger partial charge in [0.15, 0.2) is 0 Å². The molecule has 1 aliphatic carbocycles. The van der Waals surface area contributed by atoms with Crippen molar-refractivity contribution in [2.75, 3.05) is 0 Å². The number of nitrogens with one attached hydrogen (secondary N) is 1. The van der Waals surface area contributed by atoms with Crippen LogP contribution in [0.15, 0.2) is 66.1 Å². The normalized spacial score (nSPS) is 12.0. The van der Waals surface area contributed by atoms with E-state index >= 15 is 0 Å². The van der Waals surface area contributed by atoms with Crippen LogP contribution in [0, 0.1) is 5.41 Å². The third kappa shape index (κ3) is 7.49. The number of rotatable bonds is 2. The maximum Gasteiger partial charge on any atom is 0.337 e. The number of allylic oxidation sites excluding steroid dienone is 5. The van der Waals surface area contributed by atoms with Crippen LogP contribution in [0.4, 0.5) is 0 Å². The Kier molecular flexibility index (Phi) is 8.36. The monoisotopic (exact) mass is 330 g/mol. The van der Waals surface area contributed by atoms with Crippen LogP contribution < -0.4 is 5.48 Å². The van der Waals surface area contributed by atoms with Crippen molar-refractivity contribution >= 4 is 5.97 Å². The molecule has 2 rings (SSSR count). The Hall–Kier alpha value is -1.84. The van der Waals surface area contributed by atoms with Gasteiger partial charge in [0.1, 0.15) is 0 Å². The molecule has 0 radical (unpaired) electrons. The average molecular weight is 330 g/mol. The van der Waals surface area contributed by atoms with Gasteiger partial charge in [0, 0.05) is 22.6 Å². The molecule has 0 saturated carbocycles. The molecular weight excluding hydrogens is 310 g/mol. The van der Waals surface area contributed by atoms with Crippen LogP contribution in [-0.4, -0.2) is 11.1 Å². The maximum absolute atomic E-state index is 11.3. The number of hydroxylamine groups is 1. The van der Waals surface area contributed by atoms with Gasteiger partial charge in [0.2, 0.25) is 5.88 Å². The van der Waals surface area contributed by atoms with E-state index in [2.05, 4.69) is 5.48 Å². The zero-order chi connectivity index (χ0) is 15.0. The molecule has 2 N–H and O–H groups in total. The fraction of sp³-hybridized carbons (Fsp3) is 0.250. The Bertz CT molecular complexity index is 477. The molecule has 116 valence electrons. The second-order valence-electron chi connectivity index (χ2n) is 5.23. The molecule has 0 bridgehead atoms. The molecule has 0 spiro atoms. The first-order valence-electron chi connectivity index (χ1n) is 6.33. The van der Waals surface area contributed by atoms with Gasteiger partial charge in [0.05, 0.1) is 5.41 Å². The minimum atomic E-state index is -0.598. The van der Waals surface area contributed by atoms with Crippen molar-refractivity contribution in [2.24, 2.45) is 5.41 Å². The molecule has 0 amide bonds. The molecular formula is C16H20FeNO3-. The molecule has 4 nitrogen and oxygen atoms in total. The van der Waals surface area contributed by atoms with Gasteiger partial charge in [0.25, 0.3) is 0 Å². The zero-order valence-electron chi connectivity index (χ0n) is 12.3. The molecule has 0 atom stereocenters. The SMILES string of the molecule is CC(C)(C)C(=O)ONC(O)=C1C=CC=C1.[Fe].c1cc[cH-]c1. The quantitative estimate of drug-likeness (QED) is 0.378. The zero-order valence-corrected chi connectivity index (χ0v) is 13.4. The Morgan fingerprint density at radius 2 is 1.71 bits per heavy atom. The molecule has 21 heavy (non-hydrogen) atoms. The summed E-state index contributed by atoms with van der Waals surface area (Å²) in [6.45, 7) is 5.20. The van der Waals surface area contributed by atoms with E-state index in [1.807, 2.05) is 30.3 Å². The molecule has 0 aliphatic heterocycles. The number of carbonyl (C=O) groups is 1. The predicted octanol–water partition coefficient (Wildman–Crippen LogP) is 3.38. The first-order valence-corrected chi connectivity index (χ1v) is 6.33. The molecule has 1 aliphatic rings.